The number of piperidine rings is 1. The van der Waals surface area contributed by atoms with Crippen molar-refractivity contribution in [2.45, 2.75) is 25.0 Å². The average Bonchev–Trinajstić information content (AvgIpc) is 3.07. The van der Waals surface area contributed by atoms with Gasteiger partial charge in [0.2, 0.25) is 0 Å². The predicted molar refractivity (Wildman–Crippen MR) is 102 cm³/mol. The average molecular weight is 408 g/mol. The first kappa shape index (κ1) is 20.3. The molecule has 0 radical (unpaired) electrons. The number of benzene rings is 1. The summed E-state index contributed by atoms with van der Waals surface area (Å²) in [5.74, 6) is -0.369. The number of nitrogens with zero attached hydrogens (tertiary/aromatic N) is 3. The van der Waals surface area contributed by atoms with E-state index < -0.39 is 21.3 Å². The number of nitrogens with one attached hydrogen (secondary N) is 1. The Morgan fingerprint density at radius 1 is 1.36 bits per heavy atom. The summed E-state index contributed by atoms with van der Waals surface area (Å²) >= 11 is 0. The van der Waals surface area contributed by atoms with Crippen molar-refractivity contribution >= 4 is 21.9 Å². The lowest BCUT2D eigenvalue weighted by atomic mass is 9.76. The maximum atomic E-state index is 12.6. The molecule has 1 saturated heterocycles. The van der Waals surface area contributed by atoms with E-state index >= 15 is 0 Å². The van der Waals surface area contributed by atoms with Crippen molar-refractivity contribution in [2.75, 3.05) is 31.3 Å². The van der Waals surface area contributed by atoms with Crippen LogP contribution in [0.4, 0.5) is 10.8 Å². The minimum Gasteiger partial charge on any atom is -0.396 e. The van der Waals surface area contributed by atoms with Crippen LogP contribution in [-0.4, -0.2) is 60.5 Å². The number of aliphatic hydroxyl groups is 1. The number of hydrogen-bond acceptors (Lipinski definition) is 7. The Hall–Kier alpha value is -2.46. The molecule has 9 nitrogen and oxygen atoms in total. The van der Waals surface area contributed by atoms with E-state index in [1.807, 2.05) is 30.3 Å². The van der Waals surface area contributed by atoms with E-state index in [9.17, 15) is 18.3 Å². The SMILES string of the molecule is CS(=O)(=O)Cc1noc(NC(=O)N2CCCC(CO)(Cc3ccccc3)C2)n1. The van der Waals surface area contributed by atoms with Crippen LogP contribution >= 0.6 is 0 Å². The molecule has 1 aromatic carbocycles. The van der Waals surface area contributed by atoms with Gasteiger partial charge in [0.05, 0.1) is 6.61 Å². The van der Waals surface area contributed by atoms with Crippen molar-refractivity contribution in [3.05, 3.63) is 41.7 Å². The maximum Gasteiger partial charge on any atom is 0.329 e. The van der Waals surface area contributed by atoms with E-state index in [2.05, 4.69) is 15.5 Å². The van der Waals surface area contributed by atoms with E-state index in [4.69, 9.17) is 4.52 Å². The lowest BCUT2D eigenvalue weighted by Crippen LogP contribution is -2.50. The van der Waals surface area contributed by atoms with Gasteiger partial charge in [-0.25, -0.2) is 13.2 Å². The quantitative estimate of drug-likeness (QED) is 0.741. The Balaban J connectivity index is 1.65. The molecule has 1 unspecified atom stereocenters. The molecule has 2 amide bonds. The highest BCUT2D eigenvalue weighted by atomic mass is 32.2. The fraction of sp³-hybridized carbons (Fsp3) is 0.500. The monoisotopic (exact) mass is 408 g/mol. The zero-order valence-electron chi connectivity index (χ0n) is 15.7. The van der Waals surface area contributed by atoms with Crippen LogP contribution in [-0.2, 0) is 22.0 Å². The molecular weight excluding hydrogens is 384 g/mol. The fourth-order valence-corrected chi connectivity index (χ4v) is 4.09. The molecule has 0 bridgehead atoms. The first-order valence-electron chi connectivity index (χ1n) is 9.00. The zero-order chi connectivity index (χ0) is 20.2. The Morgan fingerprint density at radius 3 is 2.79 bits per heavy atom. The molecule has 2 heterocycles. The van der Waals surface area contributed by atoms with Crippen LogP contribution in [0.15, 0.2) is 34.9 Å². The first-order chi connectivity index (χ1) is 13.3. The van der Waals surface area contributed by atoms with Gasteiger partial charge in [-0.15, -0.1) is 0 Å². The molecule has 0 saturated carbocycles. The van der Waals surface area contributed by atoms with Crippen molar-refractivity contribution in [3.8, 4) is 0 Å². The number of likely N-dealkylation sites (tertiary alicyclic amines) is 1. The molecule has 3 rings (SSSR count). The second kappa shape index (κ2) is 8.27. The van der Waals surface area contributed by atoms with Gasteiger partial charge in [0.15, 0.2) is 15.7 Å². The van der Waals surface area contributed by atoms with Gasteiger partial charge in [0.25, 0.3) is 0 Å². The van der Waals surface area contributed by atoms with E-state index in [1.54, 1.807) is 4.90 Å². The Morgan fingerprint density at radius 2 is 2.11 bits per heavy atom. The number of aromatic nitrogens is 2. The van der Waals surface area contributed by atoms with Crippen molar-refractivity contribution in [1.29, 1.82) is 0 Å². The minimum atomic E-state index is -3.30. The third kappa shape index (κ3) is 5.29. The lowest BCUT2D eigenvalue weighted by molar-refractivity contribution is 0.0499. The number of amides is 2. The summed E-state index contributed by atoms with van der Waals surface area (Å²) in [6.45, 7) is 0.923. The van der Waals surface area contributed by atoms with Gasteiger partial charge in [-0.1, -0.05) is 35.5 Å². The summed E-state index contributed by atoms with van der Waals surface area (Å²) in [6, 6.07) is 9.32. The van der Waals surface area contributed by atoms with Crippen molar-refractivity contribution < 1.29 is 22.8 Å². The molecule has 1 fully saturated rings. The summed E-state index contributed by atoms with van der Waals surface area (Å²) in [4.78, 5) is 18.1. The van der Waals surface area contributed by atoms with Gasteiger partial charge in [-0.3, -0.25) is 5.32 Å². The number of rotatable bonds is 6. The number of sulfone groups is 1. The smallest absolute Gasteiger partial charge is 0.329 e. The summed E-state index contributed by atoms with van der Waals surface area (Å²) < 4.78 is 27.5. The number of urea groups is 1. The lowest BCUT2D eigenvalue weighted by Gasteiger charge is -2.41. The molecule has 28 heavy (non-hydrogen) atoms. The summed E-state index contributed by atoms with van der Waals surface area (Å²) in [6.07, 6.45) is 3.33. The third-order valence-electron chi connectivity index (χ3n) is 4.78. The molecule has 152 valence electrons. The number of aliphatic hydroxyl groups excluding tert-OH is 1. The van der Waals surface area contributed by atoms with Crippen LogP contribution in [0.3, 0.4) is 0 Å². The van der Waals surface area contributed by atoms with E-state index in [0.29, 0.717) is 19.5 Å². The van der Waals surface area contributed by atoms with Crippen molar-refractivity contribution in [1.82, 2.24) is 15.0 Å². The van der Waals surface area contributed by atoms with Gasteiger partial charge in [0.1, 0.15) is 5.75 Å². The summed E-state index contributed by atoms with van der Waals surface area (Å²) in [5.41, 5.74) is 0.703. The maximum absolute atomic E-state index is 12.6. The van der Waals surface area contributed by atoms with Gasteiger partial charge in [-0.05, 0) is 24.8 Å². The van der Waals surface area contributed by atoms with E-state index in [1.165, 1.54) is 0 Å². The Bertz CT molecular complexity index is 915. The molecule has 0 aliphatic carbocycles. The van der Waals surface area contributed by atoms with Crippen LogP contribution < -0.4 is 5.32 Å². The van der Waals surface area contributed by atoms with Crippen LogP contribution in [0, 0.1) is 5.41 Å². The molecule has 1 atom stereocenters. The molecule has 10 heteroatoms. The van der Waals surface area contributed by atoms with Crippen molar-refractivity contribution in [3.63, 3.8) is 0 Å². The number of hydrogen-bond donors (Lipinski definition) is 2. The second-order valence-corrected chi connectivity index (χ2v) is 9.50. The highest BCUT2D eigenvalue weighted by Gasteiger charge is 2.37. The number of anilines is 1. The normalized spacial score (nSPS) is 20.1. The Kier molecular flexibility index (Phi) is 5.99. The van der Waals surface area contributed by atoms with Gasteiger partial charge in [0, 0.05) is 24.8 Å². The first-order valence-corrected chi connectivity index (χ1v) is 11.1. The molecule has 0 spiro atoms. The molecule has 2 aromatic rings. The minimum absolute atomic E-state index is 0.00905. The third-order valence-corrected chi connectivity index (χ3v) is 5.56. The number of carbonyl (C=O) groups excluding carboxylic acids is 1. The summed E-state index contributed by atoms with van der Waals surface area (Å²) in [7, 11) is -3.30. The predicted octanol–water partition coefficient (Wildman–Crippen LogP) is 1.46. The van der Waals surface area contributed by atoms with Crippen molar-refractivity contribution in [2.24, 2.45) is 5.41 Å². The van der Waals surface area contributed by atoms with Crippen LogP contribution in [0.25, 0.3) is 0 Å². The molecular formula is C18H24N4O5S. The van der Waals surface area contributed by atoms with E-state index in [-0.39, 0.29) is 24.2 Å². The summed E-state index contributed by atoms with van der Waals surface area (Å²) in [5, 5.41) is 16.1. The highest BCUT2D eigenvalue weighted by molar-refractivity contribution is 7.89. The van der Waals surface area contributed by atoms with Crippen LogP contribution in [0.5, 0.6) is 0 Å². The van der Waals surface area contributed by atoms with Crippen LogP contribution in [0.2, 0.25) is 0 Å². The molecule has 1 aromatic heterocycles. The second-order valence-electron chi connectivity index (χ2n) is 7.36. The largest absolute Gasteiger partial charge is 0.396 e. The highest BCUT2D eigenvalue weighted by Crippen LogP contribution is 2.33. The van der Waals surface area contributed by atoms with Gasteiger partial charge < -0.3 is 14.5 Å². The standard InChI is InChI=1S/C18H24N4O5S/c1-28(25,26)11-15-19-16(27-21-15)20-17(24)22-9-5-8-18(12-22,13-23)10-14-6-3-2-4-7-14/h2-4,6-7,23H,5,8-13H2,1H3,(H,19,20,21,24). The fourth-order valence-electron chi connectivity index (χ4n) is 3.51. The Labute approximate surface area is 163 Å². The molecule has 2 N–H and O–H groups in total. The number of carbonyl (C=O) groups is 1. The van der Waals surface area contributed by atoms with Gasteiger partial charge >= 0.3 is 12.0 Å². The molecule has 1 aliphatic rings. The molecule has 1 aliphatic heterocycles. The van der Waals surface area contributed by atoms with Crippen LogP contribution in [0.1, 0.15) is 24.2 Å². The topological polar surface area (TPSA) is 126 Å². The van der Waals surface area contributed by atoms with Gasteiger partial charge in [-0.2, -0.15) is 4.98 Å². The van der Waals surface area contributed by atoms with E-state index in [0.717, 1.165) is 24.7 Å². The zero-order valence-corrected chi connectivity index (χ0v) is 16.5.